The topological polar surface area (TPSA) is 38.3 Å². The van der Waals surface area contributed by atoms with Gasteiger partial charge in [0, 0.05) is 17.0 Å². The standard InChI is InChI=1S/C10H8ClF2NO2.ClH/c11-5-3-6(12)9(7(13)4-5)8-1-2-16-10(15)14-8;/h3-4,8H,1-2H2,(H,14,15);1H/t8-;/m0./s1. The van der Waals surface area contributed by atoms with Crippen LogP contribution in [0.15, 0.2) is 12.1 Å². The van der Waals surface area contributed by atoms with E-state index in [-0.39, 0.29) is 29.6 Å². The average molecular weight is 284 g/mol. The highest BCUT2D eigenvalue weighted by atomic mass is 35.5. The number of cyclic esters (lactones) is 1. The highest BCUT2D eigenvalue weighted by molar-refractivity contribution is 6.30. The Hall–Kier alpha value is -1.07. The number of alkyl carbamates (subject to hydrolysis) is 1. The van der Waals surface area contributed by atoms with E-state index in [1.54, 1.807) is 0 Å². The van der Waals surface area contributed by atoms with Gasteiger partial charge in [0.05, 0.1) is 12.6 Å². The van der Waals surface area contributed by atoms with E-state index in [9.17, 15) is 13.6 Å². The van der Waals surface area contributed by atoms with Crippen LogP contribution in [0.4, 0.5) is 13.6 Å². The van der Waals surface area contributed by atoms with Crippen LogP contribution in [0.5, 0.6) is 0 Å². The number of carbonyl (C=O) groups is 1. The van der Waals surface area contributed by atoms with Crippen LogP contribution in [-0.4, -0.2) is 12.7 Å². The van der Waals surface area contributed by atoms with Crippen molar-refractivity contribution in [2.24, 2.45) is 0 Å². The van der Waals surface area contributed by atoms with Gasteiger partial charge in [-0.2, -0.15) is 0 Å². The van der Waals surface area contributed by atoms with E-state index in [1.165, 1.54) is 0 Å². The third-order valence-electron chi connectivity index (χ3n) is 2.32. The minimum Gasteiger partial charge on any atom is -0.449 e. The van der Waals surface area contributed by atoms with Crippen LogP contribution in [0.25, 0.3) is 0 Å². The minimum absolute atomic E-state index is 0. The van der Waals surface area contributed by atoms with Crippen molar-refractivity contribution < 1.29 is 18.3 Å². The lowest BCUT2D eigenvalue weighted by Gasteiger charge is -2.24. The van der Waals surface area contributed by atoms with Crippen molar-refractivity contribution in [3.05, 3.63) is 34.4 Å². The Balaban J connectivity index is 0.00000144. The number of rotatable bonds is 1. The Morgan fingerprint density at radius 2 is 1.94 bits per heavy atom. The summed E-state index contributed by atoms with van der Waals surface area (Å²) in [5.41, 5.74) is -0.180. The predicted octanol–water partition coefficient (Wildman–Crippen LogP) is 3.21. The van der Waals surface area contributed by atoms with E-state index in [1.807, 2.05) is 0 Å². The highest BCUT2D eigenvalue weighted by Gasteiger charge is 2.26. The van der Waals surface area contributed by atoms with Gasteiger partial charge in [-0.15, -0.1) is 12.4 Å². The summed E-state index contributed by atoms with van der Waals surface area (Å²) in [6.07, 6.45) is -0.355. The number of hydrogen-bond donors (Lipinski definition) is 1. The molecule has 1 amide bonds. The number of amides is 1. The van der Waals surface area contributed by atoms with Gasteiger partial charge in [-0.25, -0.2) is 13.6 Å². The first-order valence-electron chi connectivity index (χ1n) is 4.65. The van der Waals surface area contributed by atoms with Crippen LogP contribution < -0.4 is 5.32 Å². The molecule has 1 saturated heterocycles. The predicted molar refractivity (Wildman–Crippen MR) is 60.5 cm³/mol. The zero-order chi connectivity index (χ0) is 11.7. The van der Waals surface area contributed by atoms with E-state index in [0.29, 0.717) is 6.42 Å². The smallest absolute Gasteiger partial charge is 0.407 e. The molecule has 94 valence electrons. The van der Waals surface area contributed by atoms with E-state index in [0.717, 1.165) is 12.1 Å². The Morgan fingerprint density at radius 1 is 1.35 bits per heavy atom. The molecular weight excluding hydrogens is 275 g/mol. The van der Waals surface area contributed by atoms with E-state index in [4.69, 9.17) is 11.6 Å². The first-order chi connectivity index (χ1) is 7.58. The lowest BCUT2D eigenvalue weighted by Crippen LogP contribution is -2.36. The summed E-state index contributed by atoms with van der Waals surface area (Å²) in [4.78, 5) is 10.9. The number of nitrogens with one attached hydrogen (secondary N) is 1. The monoisotopic (exact) mass is 283 g/mol. The van der Waals surface area contributed by atoms with Crippen molar-refractivity contribution in [1.29, 1.82) is 0 Å². The van der Waals surface area contributed by atoms with Crippen molar-refractivity contribution in [2.75, 3.05) is 6.61 Å². The van der Waals surface area contributed by atoms with Gasteiger partial charge in [0.1, 0.15) is 11.6 Å². The summed E-state index contributed by atoms with van der Waals surface area (Å²) in [5, 5.41) is 2.33. The SMILES string of the molecule is Cl.O=C1N[C@H](c2c(F)cc(Cl)cc2F)CCO1. The van der Waals surface area contributed by atoms with Crippen LogP contribution in [0.1, 0.15) is 18.0 Å². The molecule has 2 rings (SSSR count). The van der Waals surface area contributed by atoms with Crippen molar-refractivity contribution in [3.8, 4) is 0 Å². The van der Waals surface area contributed by atoms with Crippen LogP contribution in [0, 0.1) is 11.6 Å². The fourth-order valence-corrected chi connectivity index (χ4v) is 1.82. The quantitative estimate of drug-likeness (QED) is 0.860. The zero-order valence-corrected chi connectivity index (χ0v) is 10.1. The molecule has 0 bridgehead atoms. The summed E-state index contributed by atoms with van der Waals surface area (Å²) in [5.74, 6) is -1.53. The summed E-state index contributed by atoms with van der Waals surface area (Å²) < 4.78 is 31.6. The minimum atomic E-state index is -0.766. The van der Waals surface area contributed by atoms with Crippen LogP contribution in [0.3, 0.4) is 0 Å². The van der Waals surface area contributed by atoms with Gasteiger partial charge in [0.2, 0.25) is 0 Å². The second kappa shape index (κ2) is 5.51. The molecule has 7 heteroatoms. The van der Waals surface area contributed by atoms with Gasteiger partial charge in [-0.1, -0.05) is 11.6 Å². The Kier molecular flexibility index (Phi) is 4.54. The fourth-order valence-electron chi connectivity index (χ4n) is 1.63. The molecule has 0 saturated carbocycles. The van der Waals surface area contributed by atoms with Gasteiger partial charge in [-0.3, -0.25) is 0 Å². The number of halogens is 4. The second-order valence-electron chi connectivity index (χ2n) is 3.40. The van der Waals surface area contributed by atoms with E-state index < -0.39 is 23.8 Å². The van der Waals surface area contributed by atoms with Crippen molar-refractivity contribution in [1.82, 2.24) is 5.32 Å². The normalized spacial score (nSPS) is 19.0. The largest absolute Gasteiger partial charge is 0.449 e. The van der Waals surface area contributed by atoms with Crippen molar-refractivity contribution in [3.63, 3.8) is 0 Å². The molecule has 1 N–H and O–H groups in total. The molecule has 1 aromatic rings. The molecule has 0 radical (unpaired) electrons. The zero-order valence-electron chi connectivity index (χ0n) is 8.50. The number of benzene rings is 1. The molecule has 1 aliphatic rings. The molecule has 0 unspecified atom stereocenters. The fraction of sp³-hybridized carbons (Fsp3) is 0.300. The third kappa shape index (κ3) is 2.98. The van der Waals surface area contributed by atoms with Crippen LogP contribution >= 0.6 is 24.0 Å². The van der Waals surface area contributed by atoms with Crippen molar-refractivity contribution >= 4 is 30.1 Å². The molecule has 1 aromatic carbocycles. The van der Waals surface area contributed by atoms with E-state index in [2.05, 4.69) is 10.1 Å². The van der Waals surface area contributed by atoms with Gasteiger partial charge in [0.15, 0.2) is 0 Å². The Bertz CT molecular complexity index is 419. The Labute approximate surface area is 107 Å². The highest BCUT2D eigenvalue weighted by Crippen LogP contribution is 2.28. The molecule has 17 heavy (non-hydrogen) atoms. The molecule has 3 nitrogen and oxygen atoms in total. The van der Waals surface area contributed by atoms with Crippen LogP contribution in [-0.2, 0) is 4.74 Å². The molecule has 1 heterocycles. The van der Waals surface area contributed by atoms with Gasteiger partial charge < -0.3 is 10.1 Å². The molecule has 0 aliphatic carbocycles. The summed E-state index contributed by atoms with van der Waals surface area (Å²) in [6, 6.07) is 1.32. The molecule has 0 aromatic heterocycles. The van der Waals surface area contributed by atoms with Crippen LogP contribution in [0.2, 0.25) is 5.02 Å². The number of carbonyl (C=O) groups excluding carboxylic acids is 1. The average Bonchev–Trinajstić information content (AvgIpc) is 2.15. The number of hydrogen-bond acceptors (Lipinski definition) is 2. The Morgan fingerprint density at radius 3 is 2.47 bits per heavy atom. The van der Waals surface area contributed by atoms with E-state index >= 15 is 0 Å². The lowest BCUT2D eigenvalue weighted by molar-refractivity contribution is 0.114. The molecule has 1 aliphatic heterocycles. The molecular formula is C10H9Cl2F2NO2. The van der Waals surface area contributed by atoms with Gasteiger partial charge in [-0.05, 0) is 12.1 Å². The maximum absolute atomic E-state index is 13.5. The maximum Gasteiger partial charge on any atom is 0.407 e. The molecule has 0 spiro atoms. The summed E-state index contributed by atoms with van der Waals surface area (Å²) in [6.45, 7) is 0.137. The first kappa shape index (κ1) is 14.0. The third-order valence-corrected chi connectivity index (χ3v) is 2.54. The van der Waals surface area contributed by atoms with Gasteiger partial charge >= 0.3 is 6.09 Å². The lowest BCUT2D eigenvalue weighted by atomic mass is 10.0. The van der Waals surface area contributed by atoms with Crippen molar-refractivity contribution in [2.45, 2.75) is 12.5 Å². The second-order valence-corrected chi connectivity index (χ2v) is 3.84. The number of ether oxygens (including phenoxy) is 1. The summed E-state index contributed by atoms with van der Waals surface area (Å²) in [7, 11) is 0. The van der Waals surface area contributed by atoms with Gasteiger partial charge in [0.25, 0.3) is 0 Å². The maximum atomic E-state index is 13.5. The first-order valence-corrected chi connectivity index (χ1v) is 5.03. The summed E-state index contributed by atoms with van der Waals surface area (Å²) >= 11 is 5.50. The molecule has 1 fully saturated rings. The molecule has 1 atom stereocenters.